The summed E-state index contributed by atoms with van der Waals surface area (Å²) in [6, 6.07) is 13.1. The number of hydrogen-bond acceptors (Lipinski definition) is 3. The predicted octanol–water partition coefficient (Wildman–Crippen LogP) is 13.8. The summed E-state index contributed by atoms with van der Waals surface area (Å²) in [6.07, 6.45) is 7.57. The summed E-state index contributed by atoms with van der Waals surface area (Å²) in [4.78, 5) is 17.5. The van der Waals surface area contributed by atoms with Gasteiger partial charge in [-0.25, -0.2) is 0 Å². The van der Waals surface area contributed by atoms with Crippen molar-refractivity contribution in [1.82, 2.24) is 5.32 Å². The van der Waals surface area contributed by atoms with Gasteiger partial charge in [0.05, 0.1) is 21.4 Å². The average molecular weight is 875 g/mol. The largest absolute Gasteiger partial charge is 0.320 e. The number of allylic oxidation sites excluding steroid dienone is 1. The quantitative estimate of drug-likeness (QED) is 0.117. The monoisotopic (exact) mass is 871 g/mol. The zero-order chi connectivity index (χ0) is 36.2. The molecular formula is C40H52Cl5N3OPd. The van der Waals surface area contributed by atoms with Crippen LogP contribution in [0.5, 0.6) is 0 Å². The van der Waals surface area contributed by atoms with E-state index >= 15 is 0 Å². The van der Waals surface area contributed by atoms with E-state index in [4.69, 9.17) is 58.0 Å². The first-order chi connectivity index (χ1) is 23.5. The van der Waals surface area contributed by atoms with Crippen molar-refractivity contribution in [3.05, 3.63) is 90.5 Å². The Morgan fingerprint density at radius 1 is 0.600 bits per heavy atom. The molecule has 0 aliphatic carbocycles. The fraction of sp³-hybridized carbons (Fsp3) is 0.525. The molecule has 0 spiro atoms. The molecule has 0 saturated heterocycles. The van der Waals surface area contributed by atoms with Crippen molar-refractivity contribution in [1.29, 1.82) is 0 Å². The van der Waals surface area contributed by atoms with E-state index in [0.717, 1.165) is 62.7 Å². The van der Waals surface area contributed by atoms with Crippen LogP contribution in [0.3, 0.4) is 0 Å². The number of alkyl halides is 1. The standard InChI is InChI=1S/C40H52Cl5N3O.Pd/c1-9-23(10-2)27-19-17-20-28(24(11-3)12-4)35(27)47-37(44)38(45)48(40(47)34-32(42)31(41)33(43)39(49)46-34)36-29(25(13-5)14-6)21-18-22-30(36)26(15-7)16-8;/h17-26,33H,9-16H2,1-8H3,(H,46,49);. The van der Waals surface area contributed by atoms with Gasteiger partial charge in [-0.3, -0.25) is 14.6 Å². The molecule has 1 amide bonds. The molecule has 10 heteroatoms. The molecule has 0 fully saturated rings. The topological polar surface area (TPSA) is 35.6 Å². The van der Waals surface area contributed by atoms with Gasteiger partial charge in [0.25, 0.3) is 0 Å². The molecule has 0 radical (unpaired) electrons. The number of benzene rings is 2. The first-order valence-corrected chi connectivity index (χ1v) is 20.1. The Hall–Kier alpha value is -1.16. The van der Waals surface area contributed by atoms with Crippen molar-refractivity contribution >= 4 is 75.3 Å². The minimum Gasteiger partial charge on any atom is -0.320 e. The van der Waals surface area contributed by atoms with E-state index in [9.17, 15) is 4.79 Å². The van der Waals surface area contributed by atoms with Crippen LogP contribution in [0.15, 0.2) is 68.3 Å². The summed E-state index contributed by atoms with van der Waals surface area (Å²) in [6.45, 7) is 17.8. The Bertz CT molecular complexity index is 1460. The van der Waals surface area contributed by atoms with Crippen molar-refractivity contribution in [2.75, 3.05) is 9.80 Å². The molecule has 2 aliphatic rings. The molecule has 2 aromatic rings. The van der Waals surface area contributed by atoms with Crippen LogP contribution in [-0.2, 0) is 25.2 Å². The minimum atomic E-state index is -1.12. The third-order valence-corrected chi connectivity index (χ3v) is 12.9. The Kier molecular flexibility index (Phi) is 16.7. The maximum Gasteiger partial charge on any atom is 0.248 e. The van der Waals surface area contributed by atoms with Gasteiger partial charge in [0.15, 0.2) is 10.3 Å². The number of amides is 1. The van der Waals surface area contributed by atoms with Crippen LogP contribution in [0.1, 0.15) is 153 Å². The second-order valence-corrected chi connectivity index (χ2v) is 15.0. The predicted molar refractivity (Wildman–Crippen MR) is 213 cm³/mol. The summed E-state index contributed by atoms with van der Waals surface area (Å²) in [5, 5.41) is 2.83. The summed E-state index contributed by atoms with van der Waals surface area (Å²) < 4.78 is 0. The fourth-order valence-electron chi connectivity index (χ4n) is 7.75. The molecule has 1 unspecified atom stereocenters. The number of halogens is 5. The van der Waals surface area contributed by atoms with Gasteiger partial charge in [-0.05, 0) is 97.3 Å². The van der Waals surface area contributed by atoms with Crippen LogP contribution in [0.2, 0.25) is 0 Å². The summed E-state index contributed by atoms with van der Waals surface area (Å²) >= 11 is 35.5. The van der Waals surface area contributed by atoms with E-state index in [1.54, 1.807) is 0 Å². The average Bonchev–Trinajstić information content (AvgIpc) is 3.36. The van der Waals surface area contributed by atoms with Gasteiger partial charge >= 0.3 is 0 Å². The Labute approximate surface area is 339 Å². The fourth-order valence-corrected chi connectivity index (χ4v) is 8.90. The van der Waals surface area contributed by atoms with Crippen molar-refractivity contribution in [2.24, 2.45) is 0 Å². The van der Waals surface area contributed by atoms with Gasteiger partial charge < -0.3 is 5.32 Å². The number of hydrogen-bond donors (Lipinski definition) is 1. The molecule has 278 valence electrons. The van der Waals surface area contributed by atoms with Gasteiger partial charge in [-0.2, -0.15) is 0 Å². The number of carbonyl (C=O) groups is 1. The van der Waals surface area contributed by atoms with Gasteiger partial charge in [0, 0.05) is 20.4 Å². The van der Waals surface area contributed by atoms with Crippen LogP contribution in [0.4, 0.5) is 11.4 Å². The Morgan fingerprint density at radius 2 is 0.900 bits per heavy atom. The van der Waals surface area contributed by atoms with E-state index in [0.29, 0.717) is 21.8 Å². The van der Waals surface area contributed by atoms with Gasteiger partial charge in [0.2, 0.25) is 5.91 Å². The summed E-state index contributed by atoms with van der Waals surface area (Å²) in [7, 11) is 0. The normalized spacial score (nSPS) is 17.0. The third-order valence-electron chi connectivity index (χ3n) is 10.7. The summed E-state index contributed by atoms with van der Waals surface area (Å²) in [5.41, 5.74) is 6.98. The van der Waals surface area contributed by atoms with Crippen molar-refractivity contribution in [2.45, 2.75) is 136 Å². The van der Waals surface area contributed by atoms with Crippen LogP contribution in [0.25, 0.3) is 0 Å². The number of carbonyl (C=O) groups excluding carboxylic acids is 1. The smallest absolute Gasteiger partial charge is 0.248 e. The first-order valence-electron chi connectivity index (χ1n) is 18.2. The maximum atomic E-state index is 13.5. The SMILES string of the molecule is CCC(CC)c1cccc(C(CC)CC)c1N1C(Cl)=C(Cl)N(c2c(C(CC)CC)cccc2C(CC)CC)C1=C1NC(=O)C(Cl)C(Cl)=C1Cl.[Pd]. The number of rotatable bonds is 14. The number of nitrogens with one attached hydrogen (secondary N) is 1. The van der Waals surface area contributed by atoms with Crippen LogP contribution < -0.4 is 15.1 Å². The second kappa shape index (κ2) is 19.3. The van der Waals surface area contributed by atoms with E-state index < -0.39 is 11.3 Å². The number of anilines is 2. The molecule has 0 bridgehead atoms. The Morgan fingerprint density at radius 3 is 1.18 bits per heavy atom. The zero-order valence-corrected chi connectivity index (χ0v) is 35.9. The van der Waals surface area contributed by atoms with Gasteiger partial charge in [-0.1, -0.05) is 138 Å². The van der Waals surface area contributed by atoms with Gasteiger partial charge in [-0.15, -0.1) is 11.6 Å². The van der Waals surface area contributed by atoms with E-state index in [2.05, 4.69) is 97.1 Å². The summed E-state index contributed by atoms with van der Waals surface area (Å²) in [5.74, 6) is 1.12. The molecule has 1 atom stereocenters. The van der Waals surface area contributed by atoms with E-state index in [1.165, 1.54) is 22.3 Å². The molecule has 4 rings (SSSR count). The second-order valence-electron chi connectivity index (χ2n) is 13.1. The number of nitrogens with zero attached hydrogens (tertiary/aromatic N) is 2. The van der Waals surface area contributed by atoms with Crippen LogP contribution in [-0.4, -0.2) is 11.3 Å². The van der Waals surface area contributed by atoms with Crippen molar-refractivity contribution in [3.63, 3.8) is 0 Å². The van der Waals surface area contributed by atoms with Crippen LogP contribution in [0, 0.1) is 0 Å². The molecule has 2 aliphatic heterocycles. The third kappa shape index (κ3) is 8.01. The Balaban J connectivity index is 0.00000676. The molecule has 0 aromatic heterocycles. The van der Waals surface area contributed by atoms with Gasteiger partial charge in [0.1, 0.15) is 16.9 Å². The molecule has 4 nitrogen and oxygen atoms in total. The molecule has 50 heavy (non-hydrogen) atoms. The van der Waals surface area contributed by atoms with E-state index in [-0.39, 0.29) is 54.2 Å². The zero-order valence-electron chi connectivity index (χ0n) is 30.5. The minimum absolute atomic E-state index is 0. The molecular weight excluding hydrogens is 822 g/mol. The molecule has 2 heterocycles. The van der Waals surface area contributed by atoms with Crippen LogP contribution >= 0.6 is 58.0 Å². The van der Waals surface area contributed by atoms with E-state index in [1.807, 2.05) is 9.80 Å². The molecule has 1 N–H and O–H groups in total. The molecule has 0 saturated carbocycles. The maximum absolute atomic E-state index is 13.5. The molecule has 2 aromatic carbocycles. The number of para-hydroxylation sites is 2. The first kappa shape index (κ1) is 43.2. The van der Waals surface area contributed by atoms with Crippen molar-refractivity contribution < 1.29 is 25.2 Å². The van der Waals surface area contributed by atoms with Crippen molar-refractivity contribution in [3.8, 4) is 0 Å².